The SMILES string of the molecule is CCCCCC[C@]12CC[C@@H](O)[C@H](CC[C@@H](O)C3CCCCC3)[C@H]1CC2=O. The van der Waals surface area contributed by atoms with Crippen molar-refractivity contribution in [2.45, 2.75) is 115 Å². The Morgan fingerprint density at radius 1 is 1.12 bits per heavy atom. The number of aliphatic hydroxyl groups excluding tert-OH is 2. The van der Waals surface area contributed by atoms with Crippen molar-refractivity contribution >= 4 is 5.78 Å². The van der Waals surface area contributed by atoms with Gasteiger partial charge in [0.05, 0.1) is 12.2 Å². The predicted octanol–water partition coefficient (Wildman–Crippen LogP) is 5.02. The number of unbranched alkanes of at least 4 members (excludes halogenated alkanes) is 3. The number of carbonyl (C=O) groups is 1. The molecule has 5 atom stereocenters. The molecule has 3 aliphatic carbocycles. The molecule has 0 heterocycles. The Morgan fingerprint density at radius 3 is 2.58 bits per heavy atom. The smallest absolute Gasteiger partial charge is 0.139 e. The van der Waals surface area contributed by atoms with Crippen molar-refractivity contribution in [2.24, 2.45) is 23.2 Å². The van der Waals surface area contributed by atoms with Crippen molar-refractivity contribution in [1.29, 1.82) is 0 Å². The van der Waals surface area contributed by atoms with Crippen molar-refractivity contribution in [3.8, 4) is 0 Å². The molecule has 3 nitrogen and oxygen atoms in total. The van der Waals surface area contributed by atoms with E-state index in [4.69, 9.17) is 0 Å². The van der Waals surface area contributed by atoms with Crippen LogP contribution in [0.15, 0.2) is 0 Å². The van der Waals surface area contributed by atoms with Gasteiger partial charge in [0.2, 0.25) is 0 Å². The van der Waals surface area contributed by atoms with Crippen LogP contribution in [-0.4, -0.2) is 28.2 Å². The van der Waals surface area contributed by atoms with Gasteiger partial charge < -0.3 is 10.2 Å². The largest absolute Gasteiger partial charge is 0.393 e. The van der Waals surface area contributed by atoms with Crippen molar-refractivity contribution in [3.63, 3.8) is 0 Å². The van der Waals surface area contributed by atoms with Crippen LogP contribution in [0.25, 0.3) is 0 Å². The number of ketones is 1. The zero-order valence-corrected chi connectivity index (χ0v) is 16.8. The molecule has 0 amide bonds. The van der Waals surface area contributed by atoms with Crippen molar-refractivity contribution in [2.75, 3.05) is 0 Å². The molecule has 3 fully saturated rings. The molecule has 150 valence electrons. The zero-order chi connectivity index (χ0) is 18.6. The number of fused-ring (bicyclic) bond motifs is 1. The Bertz CT molecular complexity index is 456. The fourth-order valence-corrected chi connectivity index (χ4v) is 6.28. The van der Waals surface area contributed by atoms with Gasteiger partial charge in [0.25, 0.3) is 0 Å². The van der Waals surface area contributed by atoms with Gasteiger partial charge in [0.1, 0.15) is 5.78 Å². The molecule has 3 heteroatoms. The third-order valence-corrected chi connectivity index (χ3v) is 8.03. The maximum absolute atomic E-state index is 12.6. The first-order valence-corrected chi connectivity index (χ1v) is 11.5. The number of carbonyl (C=O) groups excluding carboxylic acids is 1. The van der Waals surface area contributed by atoms with Gasteiger partial charge in [-0.1, -0.05) is 51.9 Å². The lowest BCUT2D eigenvalue weighted by molar-refractivity contribution is -0.166. The van der Waals surface area contributed by atoms with Gasteiger partial charge in [0, 0.05) is 11.8 Å². The summed E-state index contributed by atoms with van der Waals surface area (Å²) < 4.78 is 0. The van der Waals surface area contributed by atoms with Crippen LogP contribution >= 0.6 is 0 Å². The van der Waals surface area contributed by atoms with Gasteiger partial charge >= 0.3 is 0 Å². The summed E-state index contributed by atoms with van der Waals surface area (Å²) in [5.41, 5.74) is -0.118. The van der Waals surface area contributed by atoms with Gasteiger partial charge in [-0.15, -0.1) is 0 Å². The fraction of sp³-hybridized carbons (Fsp3) is 0.957. The minimum Gasteiger partial charge on any atom is -0.393 e. The summed E-state index contributed by atoms with van der Waals surface area (Å²) in [6.45, 7) is 2.22. The molecule has 0 aromatic rings. The fourth-order valence-electron chi connectivity index (χ4n) is 6.28. The third-order valence-electron chi connectivity index (χ3n) is 8.03. The molecular formula is C23H40O3. The lowest BCUT2D eigenvalue weighted by Gasteiger charge is -2.56. The molecule has 3 aliphatic rings. The van der Waals surface area contributed by atoms with Crippen LogP contribution in [0.5, 0.6) is 0 Å². The Balaban J connectivity index is 1.55. The molecule has 0 aromatic carbocycles. The van der Waals surface area contributed by atoms with Gasteiger partial charge in [-0.2, -0.15) is 0 Å². The van der Waals surface area contributed by atoms with E-state index in [9.17, 15) is 15.0 Å². The van der Waals surface area contributed by atoms with E-state index in [-0.39, 0.29) is 23.5 Å². The quantitative estimate of drug-likeness (QED) is 0.565. The van der Waals surface area contributed by atoms with Crippen LogP contribution in [-0.2, 0) is 4.79 Å². The first-order valence-electron chi connectivity index (χ1n) is 11.5. The number of aliphatic hydroxyl groups is 2. The maximum atomic E-state index is 12.6. The lowest BCUT2D eigenvalue weighted by Crippen LogP contribution is -2.58. The van der Waals surface area contributed by atoms with E-state index in [1.807, 2.05) is 0 Å². The van der Waals surface area contributed by atoms with Crippen LogP contribution in [0, 0.1) is 23.2 Å². The summed E-state index contributed by atoms with van der Waals surface area (Å²) >= 11 is 0. The molecule has 2 N–H and O–H groups in total. The molecule has 0 aromatic heterocycles. The van der Waals surface area contributed by atoms with Gasteiger partial charge in [-0.25, -0.2) is 0 Å². The van der Waals surface area contributed by atoms with E-state index in [0.717, 1.165) is 51.4 Å². The summed E-state index contributed by atoms with van der Waals surface area (Å²) in [5, 5.41) is 21.3. The number of Topliss-reactive ketones (excluding diaryl/α,β-unsaturated/α-hetero) is 1. The first kappa shape index (κ1) is 20.3. The van der Waals surface area contributed by atoms with Crippen LogP contribution in [0.2, 0.25) is 0 Å². The second-order valence-corrected chi connectivity index (χ2v) is 9.51. The van der Waals surface area contributed by atoms with Crippen molar-refractivity contribution < 1.29 is 15.0 Å². The molecular weight excluding hydrogens is 324 g/mol. The van der Waals surface area contributed by atoms with Crippen LogP contribution in [0.4, 0.5) is 0 Å². The topological polar surface area (TPSA) is 57.5 Å². The second kappa shape index (κ2) is 9.19. The Hall–Kier alpha value is -0.410. The minimum absolute atomic E-state index is 0.118. The predicted molar refractivity (Wildman–Crippen MR) is 105 cm³/mol. The molecule has 0 spiro atoms. The van der Waals surface area contributed by atoms with E-state index in [1.165, 1.54) is 38.5 Å². The second-order valence-electron chi connectivity index (χ2n) is 9.51. The average molecular weight is 365 g/mol. The molecule has 0 saturated heterocycles. The van der Waals surface area contributed by atoms with E-state index < -0.39 is 0 Å². The summed E-state index contributed by atoms with van der Waals surface area (Å²) in [6.07, 6.45) is 15.6. The highest BCUT2D eigenvalue weighted by molar-refractivity contribution is 5.91. The maximum Gasteiger partial charge on any atom is 0.139 e. The summed E-state index contributed by atoms with van der Waals surface area (Å²) in [5.74, 6) is 1.53. The van der Waals surface area contributed by atoms with E-state index in [2.05, 4.69) is 6.92 Å². The van der Waals surface area contributed by atoms with E-state index in [1.54, 1.807) is 0 Å². The monoisotopic (exact) mass is 364 g/mol. The molecule has 0 unspecified atom stereocenters. The molecule has 0 radical (unpaired) electrons. The van der Waals surface area contributed by atoms with E-state index in [0.29, 0.717) is 24.0 Å². The van der Waals surface area contributed by atoms with Gasteiger partial charge in [-0.05, 0) is 62.7 Å². The van der Waals surface area contributed by atoms with Crippen LogP contribution < -0.4 is 0 Å². The normalized spacial score (nSPS) is 36.4. The highest BCUT2D eigenvalue weighted by Crippen LogP contribution is 2.59. The molecule has 26 heavy (non-hydrogen) atoms. The minimum atomic E-state index is -0.268. The Morgan fingerprint density at radius 2 is 1.88 bits per heavy atom. The number of hydrogen-bond acceptors (Lipinski definition) is 3. The summed E-state index contributed by atoms with van der Waals surface area (Å²) in [7, 11) is 0. The average Bonchev–Trinajstić information content (AvgIpc) is 2.66. The molecule has 0 aliphatic heterocycles. The van der Waals surface area contributed by atoms with Gasteiger partial charge in [0.15, 0.2) is 0 Å². The first-order chi connectivity index (χ1) is 12.6. The lowest BCUT2D eigenvalue weighted by atomic mass is 9.47. The number of hydrogen-bond donors (Lipinski definition) is 2. The van der Waals surface area contributed by atoms with Crippen molar-refractivity contribution in [3.05, 3.63) is 0 Å². The third kappa shape index (κ3) is 4.19. The standard InChI is InChI=1S/C23H40O3/c1-2-3-4-8-14-23-15-13-21(25)18(19(23)16-22(23)26)11-12-20(24)17-9-6-5-7-10-17/h17-21,24-25H,2-16H2,1H3/t18-,19-,20-,21-,23+/m1/s1. The number of rotatable bonds is 9. The highest BCUT2D eigenvalue weighted by atomic mass is 16.3. The van der Waals surface area contributed by atoms with Crippen LogP contribution in [0.3, 0.4) is 0 Å². The van der Waals surface area contributed by atoms with Crippen LogP contribution in [0.1, 0.15) is 103 Å². The Kier molecular flexibility index (Phi) is 7.18. The zero-order valence-electron chi connectivity index (χ0n) is 16.8. The summed E-state index contributed by atoms with van der Waals surface area (Å²) in [4.78, 5) is 12.6. The molecule has 3 saturated carbocycles. The van der Waals surface area contributed by atoms with Gasteiger partial charge in [-0.3, -0.25) is 4.79 Å². The molecule has 0 bridgehead atoms. The van der Waals surface area contributed by atoms with Crippen molar-refractivity contribution in [1.82, 2.24) is 0 Å². The summed E-state index contributed by atoms with van der Waals surface area (Å²) in [6, 6.07) is 0. The molecule has 3 rings (SSSR count). The highest BCUT2D eigenvalue weighted by Gasteiger charge is 2.59. The Labute approximate surface area is 160 Å². The van der Waals surface area contributed by atoms with E-state index >= 15 is 0 Å².